The largest absolute Gasteiger partial charge is 0.298 e. The number of nitrogens with zero attached hydrogens (tertiary/aromatic N) is 1. The van der Waals surface area contributed by atoms with Crippen molar-refractivity contribution in [1.29, 1.82) is 0 Å². The number of carbonyl (C=O) groups is 1. The van der Waals surface area contributed by atoms with Crippen molar-refractivity contribution in [3.8, 4) is 0 Å². The average Bonchev–Trinajstić information content (AvgIpc) is 2.33. The molecule has 0 N–H and O–H groups in total. The molecule has 2 heteroatoms. The zero-order valence-corrected chi connectivity index (χ0v) is 9.18. The predicted molar refractivity (Wildman–Crippen MR) is 63.6 cm³/mol. The molecule has 0 bridgehead atoms. The molecule has 1 aromatic carbocycles. The zero-order valence-electron chi connectivity index (χ0n) is 9.18. The van der Waals surface area contributed by atoms with E-state index in [0.29, 0.717) is 5.56 Å². The smallest absolute Gasteiger partial charge is 0.151 e. The van der Waals surface area contributed by atoms with Crippen molar-refractivity contribution in [2.75, 3.05) is 0 Å². The number of benzene rings is 1. The van der Waals surface area contributed by atoms with Gasteiger partial charge in [-0.1, -0.05) is 29.8 Å². The van der Waals surface area contributed by atoms with Crippen LogP contribution in [0.2, 0.25) is 0 Å². The van der Waals surface area contributed by atoms with Crippen molar-refractivity contribution in [2.24, 2.45) is 0 Å². The van der Waals surface area contributed by atoms with Gasteiger partial charge in [0.25, 0.3) is 0 Å². The Labute approximate surface area is 95.0 Å². The van der Waals surface area contributed by atoms with Crippen LogP contribution >= 0.6 is 0 Å². The van der Waals surface area contributed by atoms with Crippen LogP contribution in [0.4, 0.5) is 0 Å². The van der Waals surface area contributed by atoms with Gasteiger partial charge in [0.05, 0.1) is 0 Å². The molecule has 0 unspecified atom stereocenters. The van der Waals surface area contributed by atoms with Crippen LogP contribution in [0.5, 0.6) is 0 Å². The van der Waals surface area contributed by atoms with E-state index in [9.17, 15) is 4.79 Å². The number of aldehydes is 1. The third-order valence-corrected chi connectivity index (χ3v) is 2.59. The number of rotatable bonds is 3. The highest BCUT2D eigenvalue weighted by molar-refractivity contribution is 5.76. The van der Waals surface area contributed by atoms with Gasteiger partial charge in [-0.25, -0.2) is 0 Å². The summed E-state index contributed by atoms with van der Waals surface area (Å²) >= 11 is 0. The monoisotopic (exact) mass is 211 g/mol. The molecule has 0 aliphatic carbocycles. The van der Waals surface area contributed by atoms with Crippen molar-refractivity contribution < 1.29 is 4.79 Å². The van der Waals surface area contributed by atoms with Crippen LogP contribution in [0.3, 0.4) is 0 Å². The van der Waals surface area contributed by atoms with Crippen molar-refractivity contribution in [1.82, 2.24) is 4.98 Å². The lowest BCUT2D eigenvalue weighted by Gasteiger charge is -2.04. The zero-order chi connectivity index (χ0) is 11.4. The number of pyridine rings is 1. The average molecular weight is 211 g/mol. The molecule has 0 saturated heterocycles. The molecule has 0 amide bonds. The molecular formula is C14H13NO. The van der Waals surface area contributed by atoms with Gasteiger partial charge in [0.2, 0.25) is 0 Å². The number of carbonyl (C=O) groups excluding carboxylic acids is 1. The standard InChI is InChI=1S/C14H13NO/c1-11-2-4-12(5-3-11)8-13-6-7-15-9-14(13)10-16/h2-7,9-10H,8H2,1H3. The summed E-state index contributed by atoms with van der Waals surface area (Å²) in [5, 5.41) is 0. The summed E-state index contributed by atoms with van der Waals surface area (Å²) in [5.74, 6) is 0. The third-order valence-electron chi connectivity index (χ3n) is 2.59. The number of aromatic nitrogens is 1. The Bertz CT molecular complexity index is 488. The first-order chi connectivity index (χ1) is 7.79. The summed E-state index contributed by atoms with van der Waals surface area (Å²) in [6, 6.07) is 10.2. The minimum Gasteiger partial charge on any atom is -0.298 e. The summed E-state index contributed by atoms with van der Waals surface area (Å²) < 4.78 is 0. The molecule has 80 valence electrons. The van der Waals surface area contributed by atoms with Crippen molar-refractivity contribution >= 4 is 6.29 Å². The van der Waals surface area contributed by atoms with Crippen LogP contribution in [0.1, 0.15) is 27.0 Å². The highest BCUT2D eigenvalue weighted by Gasteiger charge is 2.02. The van der Waals surface area contributed by atoms with E-state index >= 15 is 0 Å². The Kier molecular flexibility index (Phi) is 3.10. The van der Waals surface area contributed by atoms with Gasteiger partial charge in [-0.3, -0.25) is 9.78 Å². The second kappa shape index (κ2) is 4.71. The van der Waals surface area contributed by atoms with Crippen LogP contribution < -0.4 is 0 Å². The quantitative estimate of drug-likeness (QED) is 0.731. The van der Waals surface area contributed by atoms with Crippen LogP contribution in [-0.2, 0) is 6.42 Å². The van der Waals surface area contributed by atoms with Crippen molar-refractivity contribution in [3.05, 3.63) is 65.0 Å². The number of hydrogen-bond donors (Lipinski definition) is 0. The first-order valence-electron chi connectivity index (χ1n) is 5.23. The van der Waals surface area contributed by atoms with E-state index in [1.54, 1.807) is 12.4 Å². The van der Waals surface area contributed by atoms with E-state index in [0.717, 1.165) is 18.3 Å². The highest BCUT2D eigenvalue weighted by Crippen LogP contribution is 2.12. The van der Waals surface area contributed by atoms with Crippen LogP contribution in [0.25, 0.3) is 0 Å². The Morgan fingerprint density at radius 3 is 2.62 bits per heavy atom. The van der Waals surface area contributed by atoms with Gasteiger partial charge in [0.15, 0.2) is 6.29 Å². The molecule has 2 rings (SSSR count). The third kappa shape index (κ3) is 2.34. The molecule has 0 aliphatic heterocycles. The fourth-order valence-electron chi connectivity index (χ4n) is 1.63. The van der Waals surface area contributed by atoms with E-state index in [4.69, 9.17) is 0 Å². The van der Waals surface area contributed by atoms with E-state index in [-0.39, 0.29) is 0 Å². The molecule has 1 aromatic heterocycles. The predicted octanol–water partition coefficient (Wildman–Crippen LogP) is 2.79. The second-order valence-corrected chi connectivity index (χ2v) is 3.85. The maximum Gasteiger partial charge on any atom is 0.151 e. The summed E-state index contributed by atoms with van der Waals surface area (Å²) in [4.78, 5) is 14.8. The van der Waals surface area contributed by atoms with Crippen molar-refractivity contribution in [2.45, 2.75) is 13.3 Å². The fourth-order valence-corrected chi connectivity index (χ4v) is 1.63. The van der Waals surface area contributed by atoms with Gasteiger partial charge in [-0.15, -0.1) is 0 Å². The summed E-state index contributed by atoms with van der Waals surface area (Å²) in [6.45, 7) is 2.06. The maximum absolute atomic E-state index is 10.8. The van der Waals surface area contributed by atoms with Gasteiger partial charge in [-0.2, -0.15) is 0 Å². The van der Waals surface area contributed by atoms with Gasteiger partial charge < -0.3 is 0 Å². The lowest BCUT2D eigenvalue weighted by Crippen LogP contribution is -1.95. The normalized spacial score (nSPS) is 10.1. The van der Waals surface area contributed by atoms with Gasteiger partial charge in [-0.05, 0) is 30.5 Å². The van der Waals surface area contributed by atoms with Gasteiger partial charge in [0, 0.05) is 18.0 Å². The first kappa shape index (κ1) is 10.6. The Hall–Kier alpha value is -1.96. The van der Waals surface area contributed by atoms with Crippen LogP contribution in [0.15, 0.2) is 42.7 Å². The highest BCUT2D eigenvalue weighted by atomic mass is 16.1. The molecule has 2 nitrogen and oxygen atoms in total. The second-order valence-electron chi connectivity index (χ2n) is 3.85. The summed E-state index contributed by atoms with van der Waals surface area (Å²) in [5.41, 5.74) is 4.14. The molecule has 0 fully saturated rings. The summed E-state index contributed by atoms with van der Waals surface area (Å²) in [6.07, 6.45) is 4.96. The molecule has 0 spiro atoms. The van der Waals surface area contributed by atoms with Crippen LogP contribution in [0, 0.1) is 6.92 Å². The molecular weight excluding hydrogens is 198 g/mol. The Morgan fingerprint density at radius 1 is 1.19 bits per heavy atom. The Morgan fingerprint density at radius 2 is 1.94 bits per heavy atom. The number of hydrogen-bond acceptors (Lipinski definition) is 2. The van der Waals surface area contributed by atoms with Crippen molar-refractivity contribution in [3.63, 3.8) is 0 Å². The van der Waals surface area contributed by atoms with E-state index in [2.05, 4.69) is 36.2 Å². The Balaban J connectivity index is 2.26. The molecule has 16 heavy (non-hydrogen) atoms. The molecule has 2 aromatic rings. The van der Waals surface area contributed by atoms with Gasteiger partial charge in [0.1, 0.15) is 0 Å². The van der Waals surface area contributed by atoms with Crippen LogP contribution in [-0.4, -0.2) is 11.3 Å². The van der Waals surface area contributed by atoms with E-state index < -0.39 is 0 Å². The maximum atomic E-state index is 10.8. The minimum atomic E-state index is 0.670. The minimum absolute atomic E-state index is 0.670. The number of aryl methyl sites for hydroxylation is 1. The molecule has 0 atom stereocenters. The lowest BCUT2D eigenvalue weighted by molar-refractivity contribution is 0.112. The molecule has 1 heterocycles. The van der Waals surface area contributed by atoms with E-state index in [1.165, 1.54) is 11.1 Å². The summed E-state index contributed by atoms with van der Waals surface area (Å²) in [7, 11) is 0. The SMILES string of the molecule is Cc1ccc(Cc2ccncc2C=O)cc1. The topological polar surface area (TPSA) is 30.0 Å². The lowest BCUT2D eigenvalue weighted by atomic mass is 10.0. The van der Waals surface area contributed by atoms with Gasteiger partial charge >= 0.3 is 0 Å². The molecule has 0 aliphatic rings. The van der Waals surface area contributed by atoms with E-state index in [1.807, 2.05) is 6.07 Å². The molecule has 0 radical (unpaired) electrons. The molecule has 0 saturated carbocycles. The fraction of sp³-hybridized carbons (Fsp3) is 0.143. The first-order valence-corrected chi connectivity index (χ1v) is 5.23.